The Labute approximate surface area is 167 Å². The van der Waals surface area contributed by atoms with Gasteiger partial charge in [0.05, 0.1) is 32.2 Å². The van der Waals surface area contributed by atoms with Gasteiger partial charge in [0.25, 0.3) is 0 Å². The molecule has 0 saturated heterocycles. The van der Waals surface area contributed by atoms with Gasteiger partial charge in [-0.1, -0.05) is 18.2 Å². The van der Waals surface area contributed by atoms with Gasteiger partial charge in [-0.3, -0.25) is 4.79 Å². The number of carboxylic acid groups (broad SMARTS) is 1. The molecule has 0 spiro atoms. The monoisotopic (exact) mass is 395 g/mol. The number of hydrogen-bond donors (Lipinski definition) is 2. The Balaban J connectivity index is 2.03. The molecule has 29 heavy (non-hydrogen) atoms. The van der Waals surface area contributed by atoms with E-state index in [4.69, 9.17) is 19.5 Å². The number of ether oxygens (including phenoxy) is 3. The van der Waals surface area contributed by atoms with Crippen molar-refractivity contribution in [1.29, 1.82) is 5.26 Å². The van der Waals surface area contributed by atoms with Crippen LogP contribution >= 0.6 is 0 Å². The van der Waals surface area contributed by atoms with Crippen molar-refractivity contribution in [2.45, 2.75) is 25.4 Å². The Morgan fingerprint density at radius 2 is 1.86 bits per heavy atom. The lowest BCUT2D eigenvalue weighted by Gasteiger charge is -2.22. The number of carbonyl (C=O) groups is 1. The summed E-state index contributed by atoms with van der Waals surface area (Å²) in [5, 5.41) is 18.9. The molecule has 1 aromatic heterocycles. The van der Waals surface area contributed by atoms with E-state index in [-0.39, 0.29) is 13.0 Å². The molecular weight excluding hydrogens is 374 g/mol. The number of carboxylic acids is 1. The molecule has 0 aliphatic heterocycles. The third kappa shape index (κ3) is 3.67. The Bertz CT molecular complexity index is 1090. The van der Waals surface area contributed by atoms with Gasteiger partial charge in [0.2, 0.25) is 0 Å². The molecular formula is C21H21N3O5. The first-order valence-electron chi connectivity index (χ1n) is 8.86. The van der Waals surface area contributed by atoms with E-state index in [0.717, 1.165) is 0 Å². The molecule has 0 bridgehead atoms. The molecule has 0 saturated carbocycles. The second-order valence-corrected chi connectivity index (χ2v) is 6.63. The number of nitrogens with zero attached hydrogens (tertiary/aromatic N) is 2. The molecule has 1 unspecified atom stereocenters. The number of aromatic amines is 1. The highest BCUT2D eigenvalue weighted by Crippen LogP contribution is 2.36. The highest BCUT2D eigenvalue weighted by Gasteiger charge is 2.38. The summed E-state index contributed by atoms with van der Waals surface area (Å²) in [5.74, 6) is 1.06. The largest absolute Gasteiger partial charge is 0.494 e. The van der Waals surface area contributed by atoms with E-state index in [1.807, 2.05) is 18.2 Å². The molecule has 3 aromatic rings. The van der Waals surface area contributed by atoms with Crippen LogP contribution in [0.3, 0.4) is 0 Å². The molecule has 2 N–H and O–H groups in total. The van der Waals surface area contributed by atoms with Gasteiger partial charge in [0, 0.05) is 0 Å². The van der Waals surface area contributed by atoms with Gasteiger partial charge in [-0.15, -0.1) is 0 Å². The summed E-state index contributed by atoms with van der Waals surface area (Å²) < 4.78 is 16.5. The molecule has 1 atom stereocenters. The molecule has 1 heterocycles. The minimum atomic E-state index is -1.41. The fourth-order valence-corrected chi connectivity index (χ4v) is 3.13. The van der Waals surface area contributed by atoms with Crippen molar-refractivity contribution >= 4 is 17.0 Å². The number of hydrogen-bond acceptors (Lipinski definition) is 6. The first kappa shape index (κ1) is 20.0. The maximum atomic E-state index is 11.9. The summed E-state index contributed by atoms with van der Waals surface area (Å²) in [4.78, 5) is 19.6. The fourth-order valence-electron chi connectivity index (χ4n) is 3.13. The van der Waals surface area contributed by atoms with Gasteiger partial charge in [-0.25, -0.2) is 4.98 Å². The number of nitriles is 1. The SMILES string of the molecule is COc1ccccc1OCc1nc2c(C(C)(CC#N)C(=O)O)ccc(OC)c2[nH]1. The van der Waals surface area contributed by atoms with E-state index in [9.17, 15) is 9.90 Å². The van der Waals surface area contributed by atoms with E-state index >= 15 is 0 Å². The quantitative estimate of drug-likeness (QED) is 0.600. The van der Waals surface area contributed by atoms with E-state index in [2.05, 4.69) is 9.97 Å². The number of aliphatic carboxylic acids is 1. The highest BCUT2D eigenvalue weighted by molar-refractivity contribution is 5.92. The van der Waals surface area contributed by atoms with Crippen molar-refractivity contribution in [1.82, 2.24) is 9.97 Å². The average Bonchev–Trinajstić information content (AvgIpc) is 3.15. The maximum absolute atomic E-state index is 11.9. The van der Waals surface area contributed by atoms with E-state index in [1.165, 1.54) is 14.0 Å². The summed E-state index contributed by atoms with van der Waals surface area (Å²) >= 11 is 0. The molecule has 0 aliphatic rings. The molecule has 8 heteroatoms. The number of para-hydroxylation sites is 2. The van der Waals surface area contributed by atoms with Crippen molar-refractivity contribution in [2.75, 3.05) is 14.2 Å². The lowest BCUT2D eigenvalue weighted by molar-refractivity contribution is -0.143. The van der Waals surface area contributed by atoms with Crippen molar-refractivity contribution in [3.63, 3.8) is 0 Å². The molecule has 0 fully saturated rings. The number of nitrogens with one attached hydrogen (secondary N) is 1. The average molecular weight is 395 g/mol. The summed E-state index contributed by atoms with van der Waals surface area (Å²) in [7, 11) is 3.08. The second-order valence-electron chi connectivity index (χ2n) is 6.63. The van der Waals surface area contributed by atoms with Crippen molar-refractivity contribution in [3.8, 4) is 23.3 Å². The molecule has 0 amide bonds. The summed E-state index contributed by atoms with van der Waals surface area (Å²) in [6, 6.07) is 12.5. The zero-order valence-corrected chi connectivity index (χ0v) is 16.4. The van der Waals surface area contributed by atoms with Gasteiger partial charge >= 0.3 is 5.97 Å². The van der Waals surface area contributed by atoms with Crippen LogP contribution in [0.1, 0.15) is 24.7 Å². The third-order valence-corrected chi connectivity index (χ3v) is 4.81. The minimum absolute atomic E-state index is 0.111. The third-order valence-electron chi connectivity index (χ3n) is 4.81. The van der Waals surface area contributed by atoms with Crippen LogP contribution in [0.4, 0.5) is 0 Å². The number of benzene rings is 2. The first-order chi connectivity index (χ1) is 13.9. The van der Waals surface area contributed by atoms with Crippen LogP contribution < -0.4 is 14.2 Å². The lowest BCUT2D eigenvalue weighted by atomic mass is 9.79. The second kappa shape index (κ2) is 8.10. The van der Waals surface area contributed by atoms with Crippen LogP contribution in [0.5, 0.6) is 17.2 Å². The Kier molecular flexibility index (Phi) is 5.59. The minimum Gasteiger partial charge on any atom is -0.494 e. The molecule has 8 nitrogen and oxygen atoms in total. The Hall–Kier alpha value is -3.73. The van der Waals surface area contributed by atoms with Crippen LogP contribution in [-0.4, -0.2) is 35.3 Å². The van der Waals surface area contributed by atoms with Gasteiger partial charge in [-0.05, 0) is 30.7 Å². The van der Waals surface area contributed by atoms with E-state index in [0.29, 0.717) is 39.7 Å². The van der Waals surface area contributed by atoms with E-state index in [1.54, 1.807) is 31.4 Å². The van der Waals surface area contributed by atoms with Crippen molar-refractivity contribution < 1.29 is 24.1 Å². The molecule has 0 aliphatic carbocycles. The lowest BCUT2D eigenvalue weighted by Crippen LogP contribution is -2.32. The predicted molar refractivity (Wildman–Crippen MR) is 105 cm³/mol. The number of rotatable bonds is 8. The Morgan fingerprint density at radius 1 is 1.17 bits per heavy atom. The fraction of sp³-hybridized carbons (Fsp3) is 0.286. The number of H-pyrrole nitrogens is 1. The standard InChI is InChI=1S/C21H21N3O5/c1-21(10-11-22,20(25)26)13-8-9-16(28-3)19-18(13)23-17(24-19)12-29-15-7-5-4-6-14(15)27-2/h4-9H,10,12H2,1-3H3,(H,23,24)(H,25,26). The number of imidazole rings is 1. The number of methoxy groups -OCH3 is 2. The van der Waals surface area contributed by atoms with E-state index < -0.39 is 11.4 Å². The Morgan fingerprint density at radius 3 is 2.48 bits per heavy atom. The first-order valence-corrected chi connectivity index (χ1v) is 8.86. The van der Waals surface area contributed by atoms with Crippen LogP contribution in [0, 0.1) is 11.3 Å². The molecule has 2 aromatic carbocycles. The van der Waals surface area contributed by atoms with Crippen molar-refractivity contribution in [2.24, 2.45) is 0 Å². The predicted octanol–water partition coefficient (Wildman–Crippen LogP) is 3.42. The zero-order chi connectivity index (χ0) is 21.0. The highest BCUT2D eigenvalue weighted by atomic mass is 16.5. The summed E-state index contributed by atoms with van der Waals surface area (Å²) in [6.07, 6.45) is -0.191. The number of fused-ring (bicyclic) bond motifs is 1. The van der Waals surface area contributed by atoms with Gasteiger partial charge in [0.1, 0.15) is 29.1 Å². The smallest absolute Gasteiger partial charge is 0.314 e. The molecule has 150 valence electrons. The van der Waals surface area contributed by atoms with Gasteiger partial charge in [0.15, 0.2) is 11.5 Å². The van der Waals surface area contributed by atoms with Crippen LogP contribution in [-0.2, 0) is 16.8 Å². The van der Waals surface area contributed by atoms with Crippen LogP contribution in [0.15, 0.2) is 36.4 Å². The molecule has 3 rings (SSSR count). The molecule has 0 radical (unpaired) electrons. The zero-order valence-electron chi connectivity index (χ0n) is 16.4. The normalized spacial score (nSPS) is 12.8. The summed E-state index contributed by atoms with van der Waals surface area (Å²) in [6.45, 7) is 1.62. The van der Waals surface area contributed by atoms with Gasteiger partial charge < -0.3 is 24.3 Å². The van der Waals surface area contributed by atoms with Crippen molar-refractivity contribution in [3.05, 3.63) is 47.8 Å². The van der Waals surface area contributed by atoms with Crippen LogP contribution in [0.2, 0.25) is 0 Å². The van der Waals surface area contributed by atoms with Gasteiger partial charge in [-0.2, -0.15) is 5.26 Å². The number of aromatic nitrogens is 2. The summed E-state index contributed by atoms with van der Waals surface area (Å²) in [5.41, 5.74) is 0.00853. The maximum Gasteiger partial charge on any atom is 0.314 e. The topological polar surface area (TPSA) is 117 Å². The van der Waals surface area contributed by atoms with Crippen LogP contribution in [0.25, 0.3) is 11.0 Å².